The largest absolute Gasteiger partial charge is 0.474 e. The molecule has 2 aliphatic carbocycles. The maximum atomic E-state index is 12.8. The number of hydrogen-bond acceptors (Lipinski definition) is 7. The number of aliphatic hydroxyl groups is 1. The molecule has 0 aliphatic heterocycles. The van der Waals surface area contributed by atoms with Gasteiger partial charge in [0.15, 0.2) is 0 Å². The Labute approximate surface area is 168 Å². The number of ether oxygens (including phenoxy) is 1. The van der Waals surface area contributed by atoms with Crippen LogP contribution in [-0.4, -0.2) is 46.1 Å². The Morgan fingerprint density at radius 1 is 1.29 bits per heavy atom. The van der Waals surface area contributed by atoms with E-state index in [0.717, 1.165) is 25.7 Å². The highest BCUT2D eigenvalue weighted by Crippen LogP contribution is 2.42. The number of carbonyl (C=O) groups is 2. The van der Waals surface area contributed by atoms with Crippen LogP contribution in [0.1, 0.15) is 69.3 Å². The van der Waals surface area contributed by atoms with Crippen molar-refractivity contribution in [1.82, 2.24) is 10.5 Å². The van der Waals surface area contributed by atoms with Crippen molar-refractivity contribution >= 4 is 23.6 Å². The smallest absolute Gasteiger partial charge is 0.291 e. The molecule has 0 bridgehead atoms. The summed E-state index contributed by atoms with van der Waals surface area (Å²) in [6.45, 7) is 3.44. The normalized spacial score (nSPS) is 23.1. The van der Waals surface area contributed by atoms with Crippen molar-refractivity contribution in [1.29, 1.82) is 0 Å². The van der Waals surface area contributed by atoms with Crippen LogP contribution in [-0.2, 0) is 4.79 Å². The van der Waals surface area contributed by atoms with Gasteiger partial charge in [-0.05, 0) is 57.5 Å². The topological polar surface area (TPSA) is 128 Å². The highest BCUT2D eigenvalue weighted by molar-refractivity contribution is 8.00. The molecule has 0 radical (unpaired) electrons. The zero-order chi connectivity index (χ0) is 20.3. The Bertz CT molecular complexity index is 708. The summed E-state index contributed by atoms with van der Waals surface area (Å²) >= 11 is 1.54. The summed E-state index contributed by atoms with van der Waals surface area (Å²) in [7, 11) is 0. The molecule has 0 spiro atoms. The quantitative estimate of drug-likeness (QED) is 0.598. The lowest BCUT2D eigenvalue weighted by molar-refractivity contribution is -0.127. The number of amides is 2. The standard InChI is InChI=1S/C19H29N3O5S/c1-19(2,18(20)25)10-26-17-15(28-13-4-3-5-13)14(27-22-17)16(24)21-11-6-8-12(23)9-7-11/h11-13,23H,3-10H2,1-2H3,(H2,20,25)(H,21,24). The molecule has 156 valence electrons. The summed E-state index contributed by atoms with van der Waals surface area (Å²) in [5, 5.41) is 17.0. The number of thioether (sulfide) groups is 1. The SMILES string of the molecule is CC(C)(COc1noc(C(=O)NC2CCC(O)CC2)c1SC1CCC1)C(N)=O. The van der Waals surface area contributed by atoms with E-state index in [4.69, 9.17) is 15.0 Å². The first-order valence-corrected chi connectivity index (χ1v) is 10.7. The lowest BCUT2D eigenvalue weighted by Crippen LogP contribution is -2.38. The van der Waals surface area contributed by atoms with Crippen molar-refractivity contribution in [3.8, 4) is 5.88 Å². The summed E-state index contributed by atoms with van der Waals surface area (Å²) in [6.07, 6.45) is 5.87. The number of nitrogens with zero attached hydrogens (tertiary/aromatic N) is 1. The molecule has 1 heterocycles. The monoisotopic (exact) mass is 411 g/mol. The van der Waals surface area contributed by atoms with Crippen molar-refractivity contribution < 1.29 is 24.0 Å². The van der Waals surface area contributed by atoms with E-state index in [1.165, 1.54) is 6.42 Å². The van der Waals surface area contributed by atoms with Crippen LogP contribution in [0, 0.1) is 5.41 Å². The molecular weight excluding hydrogens is 382 g/mol. The zero-order valence-electron chi connectivity index (χ0n) is 16.4. The Balaban J connectivity index is 1.71. The van der Waals surface area contributed by atoms with Crippen molar-refractivity contribution in [3.63, 3.8) is 0 Å². The molecule has 4 N–H and O–H groups in total. The maximum Gasteiger partial charge on any atom is 0.291 e. The molecule has 0 aromatic carbocycles. The number of hydrogen-bond donors (Lipinski definition) is 3. The minimum absolute atomic E-state index is 0.0146. The van der Waals surface area contributed by atoms with Gasteiger partial charge in [-0.1, -0.05) is 6.42 Å². The molecule has 2 amide bonds. The second-order valence-electron chi connectivity index (χ2n) is 8.33. The number of rotatable bonds is 8. The van der Waals surface area contributed by atoms with Crippen LogP contribution in [0.3, 0.4) is 0 Å². The minimum Gasteiger partial charge on any atom is -0.474 e. The van der Waals surface area contributed by atoms with E-state index in [0.29, 0.717) is 23.0 Å². The lowest BCUT2D eigenvalue weighted by atomic mass is 9.93. The Hall–Kier alpha value is -1.74. The predicted molar refractivity (Wildman–Crippen MR) is 104 cm³/mol. The molecule has 9 heteroatoms. The number of carbonyl (C=O) groups excluding carboxylic acids is 2. The molecule has 28 heavy (non-hydrogen) atoms. The average molecular weight is 412 g/mol. The molecule has 0 unspecified atom stereocenters. The fourth-order valence-electron chi connectivity index (χ4n) is 3.05. The minimum atomic E-state index is -0.858. The Morgan fingerprint density at radius 2 is 1.96 bits per heavy atom. The highest BCUT2D eigenvalue weighted by Gasteiger charge is 2.33. The molecule has 1 aromatic heterocycles. The van der Waals surface area contributed by atoms with Crippen LogP contribution in [0.2, 0.25) is 0 Å². The first kappa shape index (κ1) is 21.0. The van der Waals surface area contributed by atoms with Gasteiger partial charge in [-0.15, -0.1) is 11.8 Å². The number of aromatic nitrogens is 1. The number of aliphatic hydroxyl groups excluding tert-OH is 1. The molecule has 3 rings (SSSR count). The van der Waals surface area contributed by atoms with E-state index in [9.17, 15) is 14.7 Å². The van der Waals surface area contributed by atoms with Gasteiger partial charge in [0.05, 0.1) is 11.5 Å². The maximum absolute atomic E-state index is 12.8. The van der Waals surface area contributed by atoms with Crippen molar-refractivity contribution in [2.75, 3.05) is 6.61 Å². The molecule has 0 saturated heterocycles. The second-order valence-corrected chi connectivity index (χ2v) is 9.64. The summed E-state index contributed by atoms with van der Waals surface area (Å²) in [4.78, 5) is 24.9. The molecule has 2 saturated carbocycles. The first-order valence-electron chi connectivity index (χ1n) is 9.84. The van der Waals surface area contributed by atoms with Gasteiger partial charge in [0.25, 0.3) is 11.8 Å². The third-order valence-corrected chi connectivity index (χ3v) is 6.83. The van der Waals surface area contributed by atoms with Gasteiger partial charge in [-0.3, -0.25) is 9.59 Å². The second kappa shape index (κ2) is 8.73. The van der Waals surface area contributed by atoms with E-state index < -0.39 is 11.3 Å². The molecule has 8 nitrogen and oxygen atoms in total. The summed E-state index contributed by atoms with van der Waals surface area (Å²) in [5.74, 6) is -0.410. The summed E-state index contributed by atoms with van der Waals surface area (Å²) in [6, 6.07) is 0.0146. The average Bonchev–Trinajstić information content (AvgIpc) is 3.01. The number of primary amides is 1. The van der Waals surface area contributed by atoms with Gasteiger partial charge >= 0.3 is 0 Å². The van der Waals surface area contributed by atoms with Gasteiger partial charge in [0.1, 0.15) is 11.5 Å². The van der Waals surface area contributed by atoms with Crippen LogP contribution in [0.5, 0.6) is 5.88 Å². The number of nitrogens with two attached hydrogens (primary N) is 1. The third kappa shape index (κ3) is 5.00. The van der Waals surface area contributed by atoms with Crippen LogP contribution < -0.4 is 15.8 Å². The molecule has 2 fully saturated rings. The molecule has 2 aliphatic rings. The summed E-state index contributed by atoms with van der Waals surface area (Å²) < 4.78 is 11.1. The van der Waals surface area contributed by atoms with Crippen molar-refractivity contribution in [3.05, 3.63) is 5.76 Å². The van der Waals surface area contributed by atoms with E-state index in [1.54, 1.807) is 25.6 Å². The van der Waals surface area contributed by atoms with E-state index in [2.05, 4.69) is 10.5 Å². The molecule has 0 atom stereocenters. The van der Waals surface area contributed by atoms with E-state index in [-0.39, 0.29) is 36.3 Å². The lowest BCUT2D eigenvalue weighted by Gasteiger charge is -2.26. The van der Waals surface area contributed by atoms with Crippen LogP contribution in [0.4, 0.5) is 0 Å². The van der Waals surface area contributed by atoms with Gasteiger partial charge < -0.3 is 25.4 Å². The number of nitrogens with one attached hydrogen (secondary N) is 1. The van der Waals surface area contributed by atoms with Crippen LogP contribution >= 0.6 is 11.8 Å². The predicted octanol–water partition coefficient (Wildman–Crippen LogP) is 2.24. The Morgan fingerprint density at radius 3 is 2.54 bits per heavy atom. The van der Waals surface area contributed by atoms with E-state index in [1.807, 2.05) is 0 Å². The van der Waals surface area contributed by atoms with Crippen LogP contribution in [0.15, 0.2) is 9.42 Å². The van der Waals surface area contributed by atoms with E-state index >= 15 is 0 Å². The third-order valence-electron chi connectivity index (χ3n) is 5.43. The molecular formula is C19H29N3O5S. The Kier molecular flexibility index (Phi) is 6.54. The van der Waals surface area contributed by atoms with Crippen LogP contribution in [0.25, 0.3) is 0 Å². The zero-order valence-corrected chi connectivity index (χ0v) is 17.2. The molecule has 1 aromatic rings. The van der Waals surface area contributed by atoms with Gasteiger partial charge in [0.2, 0.25) is 11.7 Å². The fraction of sp³-hybridized carbons (Fsp3) is 0.737. The van der Waals surface area contributed by atoms with Gasteiger partial charge in [0, 0.05) is 11.3 Å². The first-order chi connectivity index (χ1) is 13.3. The summed E-state index contributed by atoms with van der Waals surface area (Å²) in [5.41, 5.74) is 4.54. The van der Waals surface area contributed by atoms with Gasteiger partial charge in [-0.25, -0.2) is 0 Å². The fourth-order valence-corrected chi connectivity index (χ4v) is 4.39. The van der Waals surface area contributed by atoms with Crippen molar-refractivity contribution in [2.24, 2.45) is 11.1 Å². The van der Waals surface area contributed by atoms with Gasteiger partial charge in [-0.2, -0.15) is 0 Å². The highest BCUT2D eigenvalue weighted by atomic mass is 32.2. The van der Waals surface area contributed by atoms with Crippen molar-refractivity contribution in [2.45, 2.75) is 81.1 Å².